The van der Waals surface area contributed by atoms with Gasteiger partial charge in [0.1, 0.15) is 6.10 Å². The molecule has 2 aromatic rings. The van der Waals surface area contributed by atoms with E-state index in [1.807, 2.05) is 23.1 Å². The molecule has 3 rings (SSSR count). The van der Waals surface area contributed by atoms with E-state index in [4.69, 9.17) is 9.47 Å². The summed E-state index contributed by atoms with van der Waals surface area (Å²) in [6.45, 7) is 1.44. The van der Waals surface area contributed by atoms with Crippen LogP contribution in [-0.2, 0) is 10.5 Å². The highest BCUT2D eigenvalue weighted by Crippen LogP contribution is 2.19. The zero-order chi connectivity index (χ0) is 18.2. The minimum absolute atomic E-state index is 0.0654. The van der Waals surface area contributed by atoms with Crippen molar-refractivity contribution in [2.45, 2.75) is 24.7 Å². The molecular weight excluding hydrogens is 350 g/mol. The Hall–Kier alpha value is -2.28. The minimum atomic E-state index is 0.0654. The van der Waals surface area contributed by atoms with Gasteiger partial charge in [0.25, 0.3) is 0 Å². The van der Waals surface area contributed by atoms with Gasteiger partial charge in [-0.15, -0.1) is 11.8 Å². The summed E-state index contributed by atoms with van der Waals surface area (Å²) in [5, 5.41) is 0. The van der Waals surface area contributed by atoms with E-state index in [0.717, 1.165) is 31.7 Å². The fourth-order valence-electron chi connectivity index (χ4n) is 2.80. The highest BCUT2D eigenvalue weighted by molar-refractivity contribution is 7.99. The van der Waals surface area contributed by atoms with Crippen LogP contribution in [0.4, 0.5) is 0 Å². The standard InChI is InChI=1S/C19H23N3O3S/c1-24-19-20-10-7-17(21-19)25-16-8-11-22(12-9-16)18(23)14-26-13-15-5-3-2-4-6-15/h2-7,10,16H,8-9,11-14H2,1H3. The predicted molar refractivity (Wildman–Crippen MR) is 101 cm³/mol. The second-order valence-electron chi connectivity index (χ2n) is 6.06. The number of carbonyl (C=O) groups is 1. The number of nitrogens with zero attached hydrogens (tertiary/aromatic N) is 3. The highest BCUT2D eigenvalue weighted by Gasteiger charge is 2.24. The average molecular weight is 373 g/mol. The number of hydrogen-bond donors (Lipinski definition) is 0. The van der Waals surface area contributed by atoms with E-state index in [1.54, 1.807) is 24.0 Å². The average Bonchev–Trinajstić information content (AvgIpc) is 2.69. The molecule has 7 heteroatoms. The van der Waals surface area contributed by atoms with E-state index in [0.29, 0.717) is 17.6 Å². The first-order valence-electron chi connectivity index (χ1n) is 8.68. The molecule has 26 heavy (non-hydrogen) atoms. The number of piperidine rings is 1. The van der Waals surface area contributed by atoms with Gasteiger partial charge in [0.15, 0.2) is 0 Å². The van der Waals surface area contributed by atoms with E-state index in [-0.39, 0.29) is 12.0 Å². The van der Waals surface area contributed by atoms with Crippen molar-refractivity contribution in [3.8, 4) is 11.9 Å². The molecule has 1 aromatic heterocycles. The topological polar surface area (TPSA) is 64.6 Å². The van der Waals surface area contributed by atoms with E-state index < -0.39 is 0 Å². The van der Waals surface area contributed by atoms with Crippen LogP contribution in [0, 0.1) is 0 Å². The summed E-state index contributed by atoms with van der Waals surface area (Å²) in [6.07, 6.45) is 3.29. The van der Waals surface area contributed by atoms with Gasteiger partial charge in [0, 0.05) is 43.9 Å². The van der Waals surface area contributed by atoms with Crippen molar-refractivity contribution >= 4 is 17.7 Å². The zero-order valence-electron chi connectivity index (χ0n) is 14.8. The van der Waals surface area contributed by atoms with Crippen molar-refractivity contribution in [2.75, 3.05) is 26.0 Å². The molecule has 1 saturated heterocycles. The summed E-state index contributed by atoms with van der Waals surface area (Å²) in [7, 11) is 1.53. The molecule has 0 atom stereocenters. The van der Waals surface area contributed by atoms with E-state index in [9.17, 15) is 4.79 Å². The Morgan fingerprint density at radius 2 is 2.00 bits per heavy atom. The van der Waals surface area contributed by atoms with E-state index in [1.165, 1.54) is 12.7 Å². The van der Waals surface area contributed by atoms with Crippen LogP contribution in [0.25, 0.3) is 0 Å². The van der Waals surface area contributed by atoms with Gasteiger partial charge in [0.05, 0.1) is 12.9 Å². The van der Waals surface area contributed by atoms with E-state index in [2.05, 4.69) is 22.1 Å². The number of aromatic nitrogens is 2. The van der Waals surface area contributed by atoms with Crippen molar-refractivity contribution in [2.24, 2.45) is 0 Å². The quantitative estimate of drug-likeness (QED) is 0.744. The first-order valence-corrected chi connectivity index (χ1v) is 9.83. The van der Waals surface area contributed by atoms with Crippen molar-refractivity contribution in [3.63, 3.8) is 0 Å². The summed E-state index contributed by atoms with van der Waals surface area (Å²) in [5.74, 6) is 2.10. The Morgan fingerprint density at radius 3 is 2.73 bits per heavy atom. The van der Waals surface area contributed by atoms with Gasteiger partial charge in [-0.2, -0.15) is 4.98 Å². The maximum Gasteiger partial charge on any atom is 0.319 e. The number of methoxy groups -OCH3 is 1. The molecule has 1 fully saturated rings. The molecule has 138 valence electrons. The smallest absolute Gasteiger partial charge is 0.319 e. The fraction of sp³-hybridized carbons (Fsp3) is 0.421. The maximum absolute atomic E-state index is 12.4. The molecule has 1 aliphatic heterocycles. The summed E-state index contributed by atoms with van der Waals surface area (Å²) in [4.78, 5) is 22.4. The number of carbonyl (C=O) groups excluding carboxylic acids is 1. The second-order valence-corrected chi connectivity index (χ2v) is 7.04. The van der Waals surface area contributed by atoms with Crippen molar-refractivity contribution in [1.29, 1.82) is 0 Å². The van der Waals surface area contributed by atoms with Gasteiger partial charge in [-0.25, -0.2) is 4.98 Å². The highest BCUT2D eigenvalue weighted by atomic mass is 32.2. The van der Waals surface area contributed by atoms with Gasteiger partial charge in [-0.05, 0) is 5.56 Å². The number of ether oxygens (including phenoxy) is 2. The summed E-state index contributed by atoms with van der Waals surface area (Å²) < 4.78 is 10.9. The lowest BCUT2D eigenvalue weighted by Crippen LogP contribution is -2.42. The number of amides is 1. The number of benzene rings is 1. The van der Waals surface area contributed by atoms with Crippen LogP contribution in [0.5, 0.6) is 11.9 Å². The maximum atomic E-state index is 12.4. The van der Waals surface area contributed by atoms with Crippen LogP contribution in [0.1, 0.15) is 18.4 Å². The molecule has 0 saturated carbocycles. The Balaban J connectivity index is 1.39. The molecule has 0 unspecified atom stereocenters. The van der Waals surface area contributed by atoms with Gasteiger partial charge >= 0.3 is 6.01 Å². The molecule has 0 bridgehead atoms. The largest absolute Gasteiger partial charge is 0.474 e. The molecule has 0 aliphatic carbocycles. The van der Waals surface area contributed by atoms with Crippen LogP contribution >= 0.6 is 11.8 Å². The Morgan fingerprint density at radius 1 is 1.23 bits per heavy atom. The number of rotatable bonds is 7. The fourth-order valence-corrected chi connectivity index (χ4v) is 3.69. The summed E-state index contributed by atoms with van der Waals surface area (Å²) in [5.41, 5.74) is 1.25. The molecule has 2 heterocycles. The minimum Gasteiger partial charge on any atom is -0.474 e. The van der Waals surface area contributed by atoms with Gasteiger partial charge in [-0.1, -0.05) is 30.3 Å². The Labute approximate surface area is 157 Å². The third-order valence-corrected chi connectivity index (χ3v) is 5.20. The van der Waals surface area contributed by atoms with Crippen molar-refractivity contribution in [1.82, 2.24) is 14.9 Å². The zero-order valence-corrected chi connectivity index (χ0v) is 15.7. The molecule has 1 amide bonds. The molecule has 1 aliphatic rings. The van der Waals surface area contributed by atoms with Crippen LogP contribution in [0.2, 0.25) is 0 Å². The van der Waals surface area contributed by atoms with Gasteiger partial charge < -0.3 is 14.4 Å². The molecule has 0 spiro atoms. The van der Waals surface area contributed by atoms with Gasteiger partial charge in [0.2, 0.25) is 11.8 Å². The molecule has 1 aromatic carbocycles. The monoisotopic (exact) mass is 373 g/mol. The SMILES string of the molecule is COc1nccc(OC2CCN(C(=O)CSCc3ccccc3)CC2)n1. The van der Waals surface area contributed by atoms with Crippen LogP contribution in [-0.4, -0.2) is 52.8 Å². The number of likely N-dealkylation sites (tertiary alicyclic amines) is 1. The Kier molecular flexibility index (Phi) is 6.71. The lowest BCUT2D eigenvalue weighted by atomic mass is 10.1. The summed E-state index contributed by atoms with van der Waals surface area (Å²) in [6, 6.07) is 12.2. The van der Waals surface area contributed by atoms with Crippen molar-refractivity contribution < 1.29 is 14.3 Å². The lowest BCUT2D eigenvalue weighted by Gasteiger charge is -2.31. The normalized spacial score (nSPS) is 14.9. The second kappa shape index (κ2) is 9.43. The number of hydrogen-bond acceptors (Lipinski definition) is 6. The lowest BCUT2D eigenvalue weighted by molar-refractivity contribution is -0.130. The summed E-state index contributed by atoms with van der Waals surface area (Å²) >= 11 is 1.66. The Bertz CT molecular complexity index is 706. The number of thioether (sulfide) groups is 1. The molecule has 6 nitrogen and oxygen atoms in total. The first-order chi connectivity index (χ1) is 12.7. The van der Waals surface area contributed by atoms with Crippen LogP contribution < -0.4 is 9.47 Å². The molecule has 0 N–H and O–H groups in total. The van der Waals surface area contributed by atoms with Crippen LogP contribution in [0.3, 0.4) is 0 Å². The third kappa shape index (κ3) is 5.36. The first kappa shape index (κ1) is 18.5. The third-order valence-electron chi connectivity index (χ3n) is 4.21. The van der Waals surface area contributed by atoms with E-state index >= 15 is 0 Å². The van der Waals surface area contributed by atoms with Crippen LogP contribution in [0.15, 0.2) is 42.6 Å². The van der Waals surface area contributed by atoms with Gasteiger partial charge in [-0.3, -0.25) is 4.79 Å². The predicted octanol–water partition coefficient (Wildman–Crippen LogP) is 2.79. The van der Waals surface area contributed by atoms with Crippen molar-refractivity contribution in [3.05, 3.63) is 48.2 Å². The molecular formula is C19H23N3O3S. The molecule has 0 radical (unpaired) electrons.